The molecule has 5 nitrogen and oxygen atoms in total. The molecule has 5 heteroatoms. The fraction of sp³-hybridized carbons (Fsp3) is 0.111. The van der Waals surface area contributed by atoms with E-state index in [1.165, 1.54) is 0 Å². The number of nitrogens with two attached hydrogens (primary N) is 1. The average Bonchev–Trinajstić information content (AvgIpc) is 2.65. The predicted molar refractivity (Wildman–Crippen MR) is 50.7 cm³/mol. The molecule has 2 heterocycles. The molecule has 0 bridgehead atoms. The molecule has 0 unspecified atom stereocenters. The van der Waals surface area contributed by atoms with Crippen LogP contribution in [0.4, 0.5) is 5.82 Å². The maximum atomic E-state index is 5.45. The van der Waals surface area contributed by atoms with Crippen LogP contribution < -0.4 is 10.5 Å². The lowest BCUT2D eigenvalue weighted by atomic mass is 10.2. The predicted octanol–water partition coefficient (Wildman–Crippen LogP) is 1.33. The zero-order valence-corrected chi connectivity index (χ0v) is 7.60. The summed E-state index contributed by atoms with van der Waals surface area (Å²) in [6.45, 7) is 0. The molecule has 2 aromatic rings. The smallest absolute Gasteiger partial charge is 0.172 e. The van der Waals surface area contributed by atoms with Gasteiger partial charge in [-0.1, -0.05) is 5.16 Å². The van der Waals surface area contributed by atoms with Gasteiger partial charge in [-0.15, -0.1) is 0 Å². The standard InChI is InChI=1S/C9H9N3O2/c1-13-8-5-11-3-2-6(8)7-4-9(10)12-14-7/h2-5H,1H3,(H2,10,12). The molecule has 2 rings (SSSR count). The SMILES string of the molecule is COc1cnccc1-c1cc(N)no1. The van der Waals surface area contributed by atoms with E-state index < -0.39 is 0 Å². The van der Waals surface area contributed by atoms with Crippen molar-refractivity contribution in [2.24, 2.45) is 0 Å². The molecule has 0 amide bonds. The molecule has 0 atom stereocenters. The van der Waals surface area contributed by atoms with Gasteiger partial charge in [-0.05, 0) is 6.07 Å². The van der Waals surface area contributed by atoms with Crippen molar-refractivity contribution in [3.05, 3.63) is 24.5 Å². The second-order valence-electron chi connectivity index (χ2n) is 2.69. The highest BCUT2D eigenvalue weighted by Gasteiger charge is 2.09. The summed E-state index contributed by atoms with van der Waals surface area (Å²) in [7, 11) is 1.57. The largest absolute Gasteiger partial charge is 0.494 e. The highest BCUT2D eigenvalue weighted by atomic mass is 16.5. The summed E-state index contributed by atoms with van der Waals surface area (Å²) in [6, 6.07) is 3.41. The summed E-state index contributed by atoms with van der Waals surface area (Å²) in [6.07, 6.45) is 3.25. The van der Waals surface area contributed by atoms with Crippen molar-refractivity contribution < 1.29 is 9.26 Å². The van der Waals surface area contributed by atoms with Crippen LogP contribution in [-0.4, -0.2) is 17.3 Å². The fourth-order valence-corrected chi connectivity index (χ4v) is 1.16. The Morgan fingerprint density at radius 1 is 1.50 bits per heavy atom. The van der Waals surface area contributed by atoms with Crippen LogP contribution in [0.1, 0.15) is 0 Å². The molecule has 14 heavy (non-hydrogen) atoms. The van der Waals surface area contributed by atoms with Crippen molar-refractivity contribution in [2.75, 3.05) is 12.8 Å². The number of ether oxygens (including phenoxy) is 1. The summed E-state index contributed by atoms with van der Waals surface area (Å²) in [5.74, 6) is 1.55. The average molecular weight is 191 g/mol. The quantitative estimate of drug-likeness (QED) is 0.775. The Labute approximate surface area is 80.5 Å². The topological polar surface area (TPSA) is 74.2 Å². The summed E-state index contributed by atoms with van der Waals surface area (Å²) in [5.41, 5.74) is 6.23. The van der Waals surface area contributed by atoms with Crippen LogP contribution in [0.3, 0.4) is 0 Å². The molecule has 2 aromatic heterocycles. The van der Waals surface area contributed by atoms with Gasteiger partial charge in [0.15, 0.2) is 11.6 Å². The lowest BCUT2D eigenvalue weighted by molar-refractivity contribution is 0.405. The van der Waals surface area contributed by atoms with Gasteiger partial charge in [0.25, 0.3) is 0 Å². The first-order chi connectivity index (χ1) is 6.81. The maximum absolute atomic E-state index is 5.45. The molecular weight excluding hydrogens is 182 g/mol. The van der Waals surface area contributed by atoms with Gasteiger partial charge in [0, 0.05) is 12.3 Å². The summed E-state index contributed by atoms with van der Waals surface area (Å²) < 4.78 is 10.1. The minimum absolute atomic E-state index is 0.346. The minimum Gasteiger partial charge on any atom is -0.494 e. The third-order valence-electron chi connectivity index (χ3n) is 1.80. The van der Waals surface area contributed by atoms with Crippen LogP contribution in [0.5, 0.6) is 5.75 Å². The van der Waals surface area contributed by atoms with Gasteiger partial charge in [0.1, 0.15) is 5.75 Å². The number of nitrogens with zero attached hydrogens (tertiary/aromatic N) is 2. The monoisotopic (exact) mass is 191 g/mol. The normalized spacial score (nSPS) is 10.1. The third kappa shape index (κ3) is 1.39. The zero-order chi connectivity index (χ0) is 9.97. The van der Waals surface area contributed by atoms with Crippen LogP contribution in [0, 0.1) is 0 Å². The Morgan fingerprint density at radius 2 is 2.36 bits per heavy atom. The van der Waals surface area contributed by atoms with Gasteiger partial charge in [-0.2, -0.15) is 0 Å². The molecule has 72 valence electrons. The van der Waals surface area contributed by atoms with Crippen LogP contribution in [0.2, 0.25) is 0 Å². The lowest BCUT2D eigenvalue weighted by Gasteiger charge is -2.02. The van der Waals surface area contributed by atoms with Crippen molar-refractivity contribution in [1.29, 1.82) is 0 Å². The van der Waals surface area contributed by atoms with E-state index in [9.17, 15) is 0 Å². The van der Waals surface area contributed by atoms with Crippen molar-refractivity contribution in [2.45, 2.75) is 0 Å². The first kappa shape index (κ1) is 8.55. The first-order valence-corrected chi connectivity index (χ1v) is 4.02. The first-order valence-electron chi connectivity index (χ1n) is 4.02. The Kier molecular flexibility index (Phi) is 2.06. The number of methoxy groups -OCH3 is 1. The van der Waals surface area contributed by atoms with Crippen LogP contribution in [0.15, 0.2) is 29.0 Å². The molecule has 0 fully saturated rings. The Hall–Kier alpha value is -2.04. The van der Waals surface area contributed by atoms with Crippen molar-refractivity contribution in [1.82, 2.24) is 10.1 Å². The maximum Gasteiger partial charge on any atom is 0.172 e. The number of aromatic nitrogens is 2. The molecule has 0 saturated heterocycles. The number of anilines is 1. The second kappa shape index (κ2) is 3.37. The Morgan fingerprint density at radius 3 is 3.00 bits per heavy atom. The molecule has 0 aliphatic heterocycles. The van der Waals surface area contributed by atoms with Crippen molar-refractivity contribution in [3.8, 4) is 17.1 Å². The van der Waals surface area contributed by atoms with Gasteiger partial charge in [0.2, 0.25) is 0 Å². The molecule has 2 N–H and O–H groups in total. The number of rotatable bonds is 2. The van der Waals surface area contributed by atoms with E-state index in [1.807, 2.05) is 0 Å². The molecule has 0 aromatic carbocycles. The summed E-state index contributed by atoms with van der Waals surface area (Å²) in [5, 5.41) is 3.60. The molecular formula is C9H9N3O2. The number of hydrogen-bond acceptors (Lipinski definition) is 5. The fourth-order valence-electron chi connectivity index (χ4n) is 1.16. The molecule has 0 radical (unpaired) electrons. The van der Waals surface area contributed by atoms with Crippen LogP contribution in [-0.2, 0) is 0 Å². The summed E-state index contributed by atoms with van der Waals surface area (Å²) in [4.78, 5) is 3.93. The lowest BCUT2D eigenvalue weighted by Crippen LogP contribution is -1.87. The van der Waals surface area contributed by atoms with Gasteiger partial charge in [-0.25, -0.2) is 0 Å². The van der Waals surface area contributed by atoms with E-state index in [2.05, 4.69) is 10.1 Å². The highest BCUT2D eigenvalue weighted by molar-refractivity contribution is 5.66. The van der Waals surface area contributed by atoms with E-state index in [0.717, 1.165) is 5.56 Å². The van der Waals surface area contributed by atoms with Crippen molar-refractivity contribution >= 4 is 5.82 Å². The Bertz CT molecular complexity index is 439. The van der Waals surface area contributed by atoms with E-state index in [0.29, 0.717) is 17.3 Å². The molecule has 0 spiro atoms. The number of pyridine rings is 1. The minimum atomic E-state index is 0.346. The Balaban J connectivity index is 2.50. The number of hydrogen-bond donors (Lipinski definition) is 1. The summed E-state index contributed by atoms with van der Waals surface area (Å²) >= 11 is 0. The molecule has 0 aliphatic carbocycles. The van der Waals surface area contributed by atoms with Crippen molar-refractivity contribution in [3.63, 3.8) is 0 Å². The van der Waals surface area contributed by atoms with Gasteiger partial charge in [0.05, 0.1) is 18.9 Å². The highest BCUT2D eigenvalue weighted by Crippen LogP contribution is 2.29. The van der Waals surface area contributed by atoms with E-state index >= 15 is 0 Å². The third-order valence-corrected chi connectivity index (χ3v) is 1.80. The van der Waals surface area contributed by atoms with E-state index in [1.54, 1.807) is 31.6 Å². The second-order valence-corrected chi connectivity index (χ2v) is 2.69. The van der Waals surface area contributed by atoms with E-state index in [-0.39, 0.29) is 0 Å². The molecule has 0 aliphatic rings. The van der Waals surface area contributed by atoms with Gasteiger partial charge >= 0.3 is 0 Å². The van der Waals surface area contributed by atoms with Gasteiger partial charge < -0.3 is 15.0 Å². The molecule has 0 saturated carbocycles. The van der Waals surface area contributed by atoms with Gasteiger partial charge in [-0.3, -0.25) is 4.98 Å². The van der Waals surface area contributed by atoms with Crippen LogP contribution >= 0.6 is 0 Å². The van der Waals surface area contributed by atoms with Crippen LogP contribution in [0.25, 0.3) is 11.3 Å². The number of nitrogen functional groups attached to an aromatic ring is 1. The van der Waals surface area contributed by atoms with E-state index in [4.69, 9.17) is 15.0 Å². The zero-order valence-electron chi connectivity index (χ0n) is 7.60.